The van der Waals surface area contributed by atoms with Crippen molar-refractivity contribution in [3.8, 4) is 0 Å². The molecule has 0 fully saturated rings. The molecule has 0 atom stereocenters. The second-order valence-corrected chi connectivity index (χ2v) is 0. The summed E-state index contributed by atoms with van der Waals surface area (Å²) in [6, 6.07) is 0. The Balaban J connectivity index is -0.00000000900. The first-order chi connectivity index (χ1) is 3.00. The molecule has 0 aliphatic heterocycles. The van der Waals surface area contributed by atoms with Gasteiger partial charge < -0.3 is 77.9 Å². The molecule has 0 heterocycles. The van der Waals surface area contributed by atoms with E-state index in [9.17, 15) is 0 Å². The van der Waals surface area contributed by atoms with Crippen molar-refractivity contribution >= 4 is 19.8 Å². The van der Waals surface area contributed by atoms with Crippen LogP contribution in [0.15, 0.2) is 0 Å². The largest absolute Gasteiger partial charge is 3.00 e. The molecular weight excluding hydrogens is 492 g/mol. The zero-order valence-electron chi connectivity index (χ0n) is 3.21. The molecule has 3 N–H and O–H groups in total. The van der Waals surface area contributed by atoms with Gasteiger partial charge in [-0.25, -0.2) is 0 Å². The minimum atomic E-state index is 0. The SMILES string of the molecule is N=[I-].N=[I-].N=[I-].[Ga+3]. The fraction of sp³-hybridized carbons (Fsp3) is 0. The Kier molecular flexibility index (Phi) is 283. The van der Waals surface area contributed by atoms with Crippen molar-refractivity contribution in [2.75, 3.05) is 0 Å². The summed E-state index contributed by atoms with van der Waals surface area (Å²) in [7, 11) is 0. The average Bonchev–Trinajstić information content (AvgIpc) is 1.81. The van der Waals surface area contributed by atoms with Gasteiger partial charge in [0.25, 0.3) is 0 Å². The first-order valence-corrected chi connectivity index (χ1v) is 3.80. The Morgan fingerprint density at radius 2 is 0.571 bits per heavy atom. The quantitative estimate of drug-likeness (QED) is 0.221. The van der Waals surface area contributed by atoms with E-state index in [2.05, 4.69) is 0 Å². The van der Waals surface area contributed by atoms with Crippen LogP contribution in [-0.2, 0) is 0 Å². The second kappa shape index (κ2) is 86.7. The number of hydrogen-bond acceptors (Lipinski definition) is 3. The van der Waals surface area contributed by atoms with Gasteiger partial charge >= 0.3 is 19.8 Å². The maximum Gasteiger partial charge on any atom is 3.00 e. The maximum absolute atomic E-state index is 5.72. The average molecular weight is 495 g/mol. The third kappa shape index (κ3) is 64.3. The van der Waals surface area contributed by atoms with Crippen molar-refractivity contribution in [3.63, 3.8) is 0 Å². The standard InChI is InChI=1S/Ga.3HIN/c;3*1-2/h;3*2H/q+3;3*-1. The van der Waals surface area contributed by atoms with E-state index in [1.165, 1.54) is 67.3 Å². The Morgan fingerprint density at radius 1 is 0.571 bits per heavy atom. The molecular formula is H3GaI3N3. The Morgan fingerprint density at radius 3 is 0.571 bits per heavy atom. The fourth-order valence-corrected chi connectivity index (χ4v) is 0. The monoisotopic (exact) mass is 495 g/mol. The summed E-state index contributed by atoms with van der Waals surface area (Å²) in [5.41, 5.74) is 0. The predicted octanol–water partition coefficient (Wildman–Crippen LogP) is -8.47. The third-order valence-electron chi connectivity index (χ3n) is 0. The molecule has 0 aromatic rings. The molecule has 3 nitrogen and oxygen atoms in total. The van der Waals surface area contributed by atoms with E-state index in [0.717, 1.165) is 0 Å². The fourth-order valence-electron chi connectivity index (χ4n) is 0. The molecule has 42 valence electrons. The summed E-state index contributed by atoms with van der Waals surface area (Å²) in [5, 5.41) is 0. The molecule has 0 spiro atoms. The zero-order chi connectivity index (χ0) is 6.00. The van der Waals surface area contributed by atoms with Crippen molar-refractivity contribution in [2.45, 2.75) is 0 Å². The van der Waals surface area contributed by atoms with Crippen molar-refractivity contribution in [1.29, 1.82) is 10.7 Å². The van der Waals surface area contributed by atoms with Crippen LogP contribution in [-0.4, -0.2) is 19.8 Å². The predicted molar refractivity (Wildman–Crippen MR) is 13.9 cm³/mol. The van der Waals surface area contributed by atoms with Crippen molar-refractivity contribution < 1.29 is 67.3 Å². The van der Waals surface area contributed by atoms with Gasteiger partial charge in [-0.05, 0) is 0 Å². The molecule has 7 heavy (non-hydrogen) atoms. The van der Waals surface area contributed by atoms with Crippen molar-refractivity contribution in [2.24, 2.45) is 0 Å². The maximum atomic E-state index is 5.72. The summed E-state index contributed by atoms with van der Waals surface area (Å²) in [5.74, 6) is 0. The summed E-state index contributed by atoms with van der Waals surface area (Å²) in [6.07, 6.45) is 0. The molecule has 0 aliphatic carbocycles. The van der Waals surface area contributed by atoms with Gasteiger partial charge in [0.2, 0.25) is 0 Å². The summed E-state index contributed by atoms with van der Waals surface area (Å²) in [6.45, 7) is 0. The Labute approximate surface area is 95.9 Å². The number of nitrogens with one attached hydrogen (secondary N) is 3. The van der Waals surface area contributed by atoms with Crippen LogP contribution < -0.4 is 67.3 Å². The zero-order valence-corrected chi connectivity index (χ0v) is 12.1. The van der Waals surface area contributed by atoms with E-state index in [-0.39, 0.29) is 19.8 Å². The number of rotatable bonds is 0. The van der Waals surface area contributed by atoms with Crippen LogP contribution in [0.25, 0.3) is 0 Å². The molecule has 0 rings (SSSR count). The van der Waals surface area contributed by atoms with Crippen molar-refractivity contribution in [3.05, 3.63) is 0 Å². The van der Waals surface area contributed by atoms with E-state index in [0.29, 0.717) is 0 Å². The molecule has 0 aromatic heterocycles. The normalized spacial score (nSPS) is 2.14. The van der Waals surface area contributed by atoms with E-state index < -0.39 is 0 Å². The first-order valence-electron chi connectivity index (χ1n) is 0.567. The second-order valence-electron chi connectivity index (χ2n) is 0. The van der Waals surface area contributed by atoms with E-state index in [4.69, 9.17) is 10.7 Å². The van der Waals surface area contributed by atoms with Gasteiger partial charge in [-0.1, -0.05) is 0 Å². The van der Waals surface area contributed by atoms with Crippen molar-refractivity contribution in [1.82, 2.24) is 0 Å². The van der Waals surface area contributed by atoms with Gasteiger partial charge in [-0.3, -0.25) is 0 Å². The van der Waals surface area contributed by atoms with E-state index in [1.54, 1.807) is 0 Å². The van der Waals surface area contributed by atoms with Crippen LogP contribution >= 0.6 is 0 Å². The van der Waals surface area contributed by atoms with Crippen LogP contribution in [0.3, 0.4) is 0 Å². The van der Waals surface area contributed by atoms with Crippen LogP contribution in [0.4, 0.5) is 0 Å². The van der Waals surface area contributed by atoms with Gasteiger partial charge in [-0.15, -0.1) is 0 Å². The molecule has 0 radical (unpaired) electrons. The Bertz CT molecular complexity index is 14.9. The molecule has 0 saturated carbocycles. The smallest absolute Gasteiger partial charge is 0.647 e. The summed E-state index contributed by atoms with van der Waals surface area (Å²) >= 11 is 4.20. The van der Waals surface area contributed by atoms with Crippen LogP contribution in [0.2, 0.25) is 0 Å². The molecule has 0 saturated heterocycles. The minimum Gasteiger partial charge on any atom is -0.647 e. The van der Waals surface area contributed by atoms with Crippen LogP contribution in [0.5, 0.6) is 0 Å². The number of hydrogen-bond donors (Lipinski definition) is 3. The Hall–Kier alpha value is 2.23. The van der Waals surface area contributed by atoms with Gasteiger partial charge in [0.15, 0.2) is 0 Å². The first kappa shape index (κ1) is 22.9. The third-order valence-corrected chi connectivity index (χ3v) is 0. The summed E-state index contributed by atoms with van der Waals surface area (Å²) < 4.78 is 17.2. The van der Waals surface area contributed by atoms with Crippen LogP contribution in [0.1, 0.15) is 0 Å². The van der Waals surface area contributed by atoms with E-state index in [1.807, 2.05) is 0 Å². The topological polar surface area (TPSA) is 71.6 Å². The molecule has 7 heteroatoms. The number of halogens is 3. The molecule has 0 unspecified atom stereocenters. The van der Waals surface area contributed by atoms with Gasteiger partial charge in [0.1, 0.15) is 0 Å². The van der Waals surface area contributed by atoms with Gasteiger partial charge in [0, 0.05) is 0 Å². The minimum absolute atomic E-state index is 0. The van der Waals surface area contributed by atoms with E-state index >= 15 is 0 Å². The molecule has 0 aliphatic rings. The summed E-state index contributed by atoms with van der Waals surface area (Å²) in [4.78, 5) is 0. The van der Waals surface area contributed by atoms with Gasteiger partial charge in [-0.2, -0.15) is 0 Å². The molecule has 0 bridgehead atoms. The van der Waals surface area contributed by atoms with Crippen LogP contribution in [0, 0.1) is 10.7 Å². The molecule has 0 aromatic carbocycles. The molecule has 0 amide bonds. The van der Waals surface area contributed by atoms with Gasteiger partial charge in [0.05, 0.1) is 0 Å².